The number of carbonyl (C=O) groups is 2. The molecular weight excluding hydrogens is 426 g/mol. The molecule has 2 amide bonds. The Hall–Kier alpha value is -2.71. The highest BCUT2D eigenvalue weighted by Crippen LogP contribution is 2.40. The second kappa shape index (κ2) is 9.86. The molecular formula is C21H22ClN3O4S. The van der Waals surface area contributed by atoms with E-state index in [0.717, 1.165) is 11.3 Å². The minimum Gasteiger partial charge on any atom is -0.490 e. The number of amidine groups is 1. The van der Waals surface area contributed by atoms with E-state index in [2.05, 4.69) is 10.4 Å². The number of halogens is 1. The Morgan fingerprint density at radius 3 is 2.47 bits per heavy atom. The first-order valence-electron chi connectivity index (χ1n) is 9.28. The number of ether oxygens (including phenoxy) is 2. The van der Waals surface area contributed by atoms with Crippen molar-refractivity contribution in [2.45, 2.75) is 26.1 Å². The van der Waals surface area contributed by atoms with Gasteiger partial charge in [0.1, 0.15) is 30.1 Å². The topological polar surface area (TPSA) is 80.2 Å². The molecule has 0 fully saturated rings. The fraction of sp³-hybridized carbons (Fsp3) is 0.286. The Morgan fingerprint density at radius 2 is 1.83 bits per heavy atom. The summed E-state index contributed by atoms with van der Waals surface area (Å²) in [6, 6.07) is 13.1. The number of hydrogen-bond donors (Lipinski definition) is 1. The van der Waals surface area contributed by atoms with Crippen molar-refractivity contribution < 1.29 is 19.1 Å². The molecule has 0 saturated heterocycles. The van der Waals surface area contributed by atoms with Crippen LogP contribution >= 0.6 is 23.4 Å². The lowest BCUT2D eigenvalue weighted by atomic mass is 10.2. The van der Waals surface area contributed by atoms with Gasteiger partial charge in [0.25, 0.3) is 0 Å². The number of hydrazone groups is 1. The molecule has 3 rings (SSSR count). The molecule has 0 bridgehead atoms. The van der Waals surface area contributed by atoms with Crippen molar-refractivity contribution in [2.75, 3.05) is 13.2 Å². The van der Waals surface area contributed by atoms with Gasteiger partial charge in [-0.15, -0.1) is 5.10 Å². The summed E-state index contributed by atoms with van der Waals surface area (Å²) < 4.78 is 11.4. The lowest BCUT2D eigenvalue weighted by Gasteiger charge is -2.20. The first-order chi connectivity index (χ1) is 14.3. The van der Waals surface area contributed by atoms with Crippen LogP contribution in [0.4, 0.5) is 0 Å². The molecule has 1 N–H and O–H groups in total. The molecule has 0 spiro atoms. The molecule has 2 aromatic rings. The van der Waals surface area contributed by atoms with Gasteiger partial charge < -0.3 is 14.8 Å². The second-order valence-corrected chi connectivity index (χ2v) is 8.10. The van der Waals surface area contributed by atoms with E-state index < -0.39 is 5.37 Å². The summed E-state index contributed by atoms with van der Waals surface area (Å²) in [5, 5.41) is 8.47. The van der Waals surface area contributed by atoms with Crippen molar-refractivity contribution in [2.24, 2.45) is 5.10 Å². The van der Waals surface area contributed by atoms with Crippen LogP contribution in [0.5, 0.6) is 11.5 Å². The zero-order valence-electron chi connectivity index (χ0n) is 16.8. The molecule has 0 unspecified atom stereocenters. The number of amides is 2. The summed E-state index contributed by atoms with van der Waals surface area (Å²) in [4.78, 5) is 23.2. The summed E-state index contributed by atoms with van der Waals surface area (Å²) in [5.74, 6) is 0.814. The lowest BCUT2D eigenvalue weighted by molar-refractivity contribution is -0.129. The van der Waals surface area contributed by atoms with Crippen LogP contribution in [-0.2, 0) is 9.59 Å². The van der Waals surface area contributed by atoms with E-state index in [4.69, 9.17) is 21.1 Å². The fourth-order valence-corrected chi connectivity index (χ4v) is 4.08. The predicted octanol–water partition coefficient (Wildman–Crippen LogP) is 4.11. The van der Waals surface area contributed by atoms with Gasteiger partial charge in [-0.05, 0) is 36.8 Å². The van der Waals surface area contributed by atoms with Crippen molar-refractivity contribution in [3.63, 3.8) is 0 Å². The SMILES string of the molecule is CC(=O)NC1=NN(C(C)=O)[C@@H](c2ccc(OCCOc3ccc(C)cc3)c(Cl)c2)S1. The van der Waals surface area contributed by atoms with Crippen molar-refractivity contribution in [1.82, 2.24) is 10.3 Å². The van der Waals surface area contributed by atoms with Gasteiger partial charge in [-0.1, -0.05) is 47.1 Å². The smallest absolute Gasteiger partial charge is 0.241 e. The summed E-state index contributed by atoms with van der Waals surface area (Å²) in [5.41, 5.74) is 1.94. The lowest BCUT2D eigenvalue weighted by Crippen LogP contribution is -2.25. The number of nitrogens with one attached hydrogen (secondary N) is 1. The van der Waals surface area contributed by atoms with Crippen LogP contribution in [-0.4, -0.2) is 35.2 Å². The van der Waals surface area contributed by atoms with Crippen LogP contribution in [0.25, 0.3) is 0 Å². The summed E-state index contributed by atoms with van der Waals surface area (Å²) >= 11 is 7.65. The number of aryl methyl sites for hydroxylation is 1. The zero-order valence-corrected chi connectivity index (χ0v) is 18.4. The summed E-state index contributed by atoms with van der Waals surface area (Å²) in [6.45, 7) is 5.54. The first-order valence-corrected chi connectivity index (χ1v) is 10.5. The van der Waals surface area contributed by atoms with Crippen LogP contribution in [0.3, 0.4) is 0 Å². The molecule has 1 atom stereocenters. The minimum absolute atomic E-state index is 0.238. The minimum atomic E-state index is -0.416. The van der Waals surface area contributed by atoms with Gasteiger partial charge in [-0.2, -0.15) is 0 Å². The number of hydrogen-bond acceptors (Lipinski definition) is 6. The van der Waals surface area contributed by atoms with Gasteiger partial charge in [-0.25, -0.2) is 5.01 Å². The van der Waals surface area contributed by atoms with Crippen LogP contribution < -0.4 is 14.8 Å². The highest BCUT2D eigenvalue weighted by atomic mass is 35.5. The summed E-state index contributed by atoms with van der Waals surface area (Å²) in [6.07, 6.45) is 0. The predicted molar refractivity (Wildman–Crippen MR) is 118 cm³/mol. The highest BCUT2D eigenvalue weighted by molar-refractivity contribution is 8.14. The van der Waals surface area contributed by atoms with E-state index in [-0.39, 0.29) is 11.8 Å². The Kier molecular flexibility index (Phi) is 7.23. The van der Waals surface area contributed by atoms with Gasteiger partial charge in [-0.3, -0.25) is 9.59 Å². The maximum absolute atomic E-state index is 11.9. The third kappa shape index (κ3) is 5.67. The van der Waals surface area contributed by atoms with E-state index in [9.17, 15) is 9.59 Å². The van der Waals surface area contributed by atoms with Crippen molar-refractivity contribution in [3.05, 3.63) is 58.6 Å². The Balaban J connectivity index is 1.59. The Labute approximate surface area is 184 Å². The molecule has 2 aromatic carbocycles. The number of carbonyl (C=O) groups excluding carboxylic acids is 2. The van der Waals surface area contributed by atoms with Crippen molar-refractivity contribution >= 4 is 40.3 Å². The van der Waals surface area contributed by atoms with Gasteiger partial charge in [0.15, 0.2) is 5.17 Å². The molecule has 0 aliphatic carbocycles. The van der Waals surface area contributed by atoms with Crippen LogP contribution in [0.15, 0.2) is 47.6 Å². The van der Waals surface area contributed by atoms with E-state index in [1.54, 1.807) is 12.1 Å². The van der Waals surface area contributed by atoms with Crippen LogP contribution in [0.1, 0.15) is 30.3 Å². The molecule has 1 aliphatic heterocycles. The largest absolute Gasteiger partial charge is 0.490 e. The molecule has 9 heteroatoms. The molecule has 158 valence electrons. The van der Waals surface area contributed by atoms with Crippen LogP contribution in [0.2, 0.25) is 5.02 Å². The zero-order chi connectivity index (χ0) is 21.7. The van der Waals surface area contributed by atoms with Gasteiger partial charge in [0.05, 0.1) is 5.02 Å². The summed E-state index contributed by atoms with van der Waals surface area (Å²) in [7, 11) is 0. The Morgan fingerprint density at radius 1 is 1.13 bits per heavy atom. The van der Waals surface area contributed by atoms with E-state index >= 15 is 0 Å². The molecule has 0 radical (unpaired) electrons. The van der Waals surface area contributed by atoms with Crippen molar-refractivity contribution in [1.29, 1.82) is 0 Å². The molecule has 30 heavy (non-hydrogen) atoms. The van der Waals surface area contributed by atoms with E-state index in [1.165, 1.54) is 36.2 Å². The van der Waals surface area contributed by atoms with Gasteiger partial charge >= 0.3 is 0 Å². The third-order valence-corrected chi connectivity index (χ3v) is 5.52. The Bertz CT molecular complexity index is 965. The van der Waals surface area contributed by atoms with Crippen LogP contribution in [0, 0.1) is 6.92 Å². The molecule has 1 heterocycles. The third-order valence-electron chi connectivity index (χ3n) is 4.12. The molecule has 7 nitrogen and oxygen atoms in total. The standard InChI is InChI=1S/C21H22ClN3O4S/c1-13-4-7-17(8-5-13)28-10-11-29-19-9-6-16(12-18(19)22)20-25(15(3)27)24-21(30-20)23-14(2)26/h4-9,12,20H,10-11H2,1-3H3,(H,23,24,26)/t20-/m1/s1. The number of nitrogens with zero attached hydrogens (tertiary/aromatic N) is 2. The average Bonchev–Trinajstić information content (AvgIpc) is 3.11. The fourth-order valence-electron chi connectivity index (χ4n) is 2.71. The average molecular weight is 448 g/mol. The number of benzene rings is 2. The van der Waals surface area contributed by atoms with Gasteiger partial charge in [0.2, 0.25) is 11.8 Å². The number of rotatable bonds is 6. The quantitative estimate of drug-likeness (QED) is 0.674. The van der Waals surface area contributed by atoms with Crippen molar-refractivity contribution in [3.8, 4) is 11.5 Å². The second-order valence-electron chi connectivity index (χ2n) is 6.62. The highest BCUT2D eigenvalue weighted by Gasteiger charge is 2.32. The maximum atomic E-state index is 11.9. The molecule has 1 aliphatic rings. The van der Waals surface area contributed by atoms with Gasteiger partial charge in [0, 0.05) is 13.8 Å². The monoisotopic (exact) mass is 447 g/mol. The van der Waals surface area contributed by atoms with E-state index in [0.29, 0.717) is 29.2 Å². The normalized spacial score (nSPS) is 15.5. The number of thioether (sulfide) groups is 1. The van der Waals surface area contributed by atoms with E-state index in [1.807, 2.05) is 37.3 Å². The molecule has 0 saturated carbocycles. The first kappa shape index (κ1) is 22.0. The maximum Gasteiger partial charge on any atom is 0.241 e. The molecule has 0 aromatic heterocycles.